The molecule has 186 valence electrons. The van der Waals surface area contributed by atoms with Gasteiger partial charge in [0.25, 0.3) is 0 Å². The monoisotopic (exact) mass is 626 g/mol. The van der Waals surface area contributed by atoms with Gasteiger partial charge in [0.1, 0.15) is 23.2 Å². The molecule has 1 amide bonds. The number of thiocarbonyl (C=S) groups is 1. The number of hydrogen-bond acceptors (Lipinski definition) is 8. The molecule has 0 radical (unpaired) electrons. The fourth-order valence-electron chi connectivity index (χ4n) is 4.52. The minimum Gasteiger partial charge on any atom is -0.469 e. The van der Waals surface area contributed by atoms with Crippen LogP contribution in [-0.4, -0.2) is 33.0 Å². The van der Waals surface area contributed by atoms with Crippen molar-refractivity contribution in [2.45, 2.75) is 17.5 Å². The molecule has 6 rings (SSSR count). The van der Waals surface area contributed by atoms with Crippen LogP contribution in [0.2, 0.25) is 0 Å². The van der Waals surface area contributed by atoms with Gasteiger partial charge in [-0.2, -0.15) is 0 Å². The highest BCUT2D eigenvalue weighted by Crippen LogP contribution is 2.46. The zero-order valence-corrected chi connectivity index (χ0v) is 24.0. The lowest BCUT2D eigenvalue weighted by Gasteiger charge is -2.49. The molecule has 5 nitrogen and oxygen atoms in total. The lowest BCUT2D eigenvalue weighted by atomic mass is 10.0. The third-order valence-corrected chi connectivity index (χ3v) is 11.2. The van der Waals surface area contributed by atoms with E-state index in [4.69, 9.17) is 22.7 Å². The third kappa shape index (κ3) is 4.29. The highest BCUT2D eigenvalue weighted by molar-refractivity contribution is 9.10. The molecular weight excluding hydrogens is 608 g/mol. The summed E-state index contributed by atoms with van der Waals surface area (Å²) in [4.78, 5) is 28.5. The summed E-state index contributed by atoms with van der Waals surface area (Å²) < 4.78 is 8.62. The third-order valence-electron chi connectivity index (χ3n) is 6.35. The van der Waals surface area contributed by atoms with Crippen molar-refractivity contribution in [2.75, 3.05) is 5.75 Å². The van der Waals surface area contributed by atoms with Crippen molar-refractivity contribution in [3.63, 3.8) is 0 Å². The SMILES string of the molecule is N[C@@H]1C(=O)N2C(C(=S)OC(c3ccccc3)c3ccccc3)=C(c3sc4ccsc4c(=O)c3Br)CS[C@H]12. The highest BCUT2D eigenvalue weighted by atomic mass is 79.9. The predicted octanol–water partition coefficient (Wildman–Crippen LogP) is 6.17. The summed E-state index contributed by atoms with van der Waals surface area (Å²) in [7, 11) is 0. The molecule has 0 bridgehead atoms. The number of β-lactam (4-membered cyclic amide) rings is 1. The highest BCUT2D eigenvalue weighted by Gasteiger charge is 2.52. The first-order chi connectivity index (χ1) is 18.0. The smallest absolute Gasteiger partial charge is 0.248 e. The van der Waals surface area contributed by atoms with Gasteiger partial charge in [0.2, 0.25) is 16.4 Å². The van der Waals surface area contributed by atoms with Gasteiger partial charge in [0.05, 0.1) is 14.0 Å². The second kappa shape index (κ2) is 10.1. The number of nitrogens with zero attached hydrogens (tertiary/aromatic N) is 1. The molecule has 2 aromatic carbocycles. The number of hydrogen-bond donors (Lipinski definition) is 1. The molecule has 2 aromatic heterocycles. The molecule has 10 heteroatoms. The van der Waals surface area contributed by atoms with E-state index in [1.165, 1.54) is 22.7 Å². The van der Waals surface area contributed by atoms with E-state index in [0.29, 0.717) is 20.6 Å². The molecule has 1 saturated heterocycles. The summed E-state index contributed by atoms with van der Waals surface area (Å²) in [6.45, 7) is 0. The molecule has 2 atom stereocenters. The Hall–Kier alpha value is -2.34. The number of nitrogens with two attached hydrogens (primary N) is 1. The van der Waals surface area contributed by atoms with Crippen LogP contribution in [-0.2, 0) is 9.53 Å². The number of rotatable bonds is 5. The maximum Gasteiger partial charge on any atom is 0.248 e. The van der Waals surface area contributed by atoms with Crippen LogP contribution in [0, 0.1) is 0 Å². The number of carbonyl (C=O) groups is 1. The van der Waals surface area contributed by atoms with Crippen LogP contribution in [0.1, 0.15) is 22.1 Å². The number of fused-ring (bicyclic) bond motifs is 2. The van der Waals surface area contributed by atoms with Gasteiger partial charge >= 0.3 is 0 Å². The Morgan fingerprint density at radius 2 is 1.70 bits per heavy atom. The molecule has 0 saturated carbocycles. The summed E-state index contributed by atoms with van der Waals surface area (Å²) in [5.41, 5.74) is 9.28. The maximum atomic E-state index is 13.1. The molecule has 0 aliphatic carbocycles. The lowest BCUT2D eigenvalue weighted by molar-refractivity contribution is -0.140. The van der Waals surface area contributed by atoms with Gasteiger partial charge in [-0.3, -0.25) is 14.5 Å². The number of amides is 1. The first kappa shape index (κ1) is 25.0. The summed E-state index contributed by atoms with van der Waals surface area (Å²) in [5.74, 6) is 0.346. The van der Waals surface area contributed by atoms with Gasteiger partial charge in [-0.25, -0.2) is 0 Å². The molecule has 4 aromatic rings. The van der Waals surface area contributed by atoms with Crippen LogP contribution in [0.25, 0.3) is 15.0 Å². The Morgan fingerprint density at radius 1 is 1.05 bits per heavy atom. The number of thiophene rings is 1. The Balaban J connectivity index is 1.49. The average Bonchev–Trinajstić information content (AvgIpc) is 3.42. The topological polar surface area (TPSA) is 72.6 Å². The van der Waals surface area contributed by atoms with Crippen molar-refractivity contribution < 1.29 is 9.53 Å². The number of halogens is 1. The summed E-state index contributed by atoms with van der Waals surface area (Å²) in [5, 5.41) is 1.89. The van der Waals surface area contributed by atoms with E-state index in [-0.39, 0.29) is 21.8 Å². The van der Waals surface area contributed by atoms with Crippen molar-refractivity contribution in [1.29, 1.82) is 0 Å². The maximum absolute atomic E-state index is 13.1. The van der Waals surface area contributed by atoms with Crippen LogP contribution < -0.4 is 11.2 Å². The fraction of sp³-hybridized carbons (Fsp3) is 0.148. The Morgan fingerprint density at radius 3 is 2.35 bits per heavy atom. The van der Waals surface area contributed by atoms with Crippen LogP contribution in [0.5, 0.6) is 0 Å². The van der Waals surface area contributed by atoms with Gasteiger partial charge in [0, 0.05) is 16.0 Å². The van der Waals surface area contributed by atoms with Crippen molar-refractivity contribution in [3.8, 4) is 0 Å². The molecule has 37 heavy (non-hydrogen) atoms. The van der Waals surface area contributed by atoms with E-state index < -0.39 is 12.1 Å². The van der Waals surface area contributed by atoms with Crippen molar-refractivity contribution in [1.82, 2.24) is 4.90 Å². The second-order valence-electron chi connectivity index (χ2n) is 8.56. The molecule has 2 N–H and O–H groups in total. The van der Waals surface area contributed by atoms with Gasteiger partial charge in [0.15, 0.2) is 0 Å². The minimum atomic E-state index is -0.593. The van der Waals surface area contributed by atoms with E-state index in [9.17, 15) is 9.59 Å². The zero-order chi connectivity index (χ0) is 25.7. The van der Waals surface area contributed by atoms with Crippen LogP contribution >= 0.6 is 62.6 Å². The minimum absolute atomic E-state index is 0.0670. The number of ether oxygens (including phenoxy) is 1. The molecule has 0 spiro atoms. The quantitative estimate of drug-likeness (QED) is 0.211. The molecule has 4 heterocycles. The van der Waals surface area contributed by atoms with E-state index >= 15 is 0 Å². The largest absolute Gasteiger partial charge is 0.469 e. The van der Waals surface area contributed by atoms with E-state index in [0.717, 1.165) is 26.3 Å². The van der Waals surface area contributed by atoms with Crippen molar-refractivity contribution >= 4 is 88.5 Å². The number of thioether (sulfide) groups is 1. The van der Waals surface area contributed by atoms with Gasteiger partial charge in [-0.1, -0.05) is 60.7 Å². The van der Waals surface area contributed by atoms with Crippen molar-refractivity contribution in [2.24, 2.45) is 5.73 Å². The summed E-state index contributed by atoms with van der Waals surface area (Å²) in [6.07, 6.45) is -0.469. The van der Waals surface area contributed by atoms with Crippen LogP contribution in [0.4, 0.5) is 0 Å². The standard InChI is InChI=1S/C27H19BrN2O3S4/c28-18-21(31)24-17(11-12-35-24)37-23(18)16-13-36-26-19(29)25(32)30(26)20(16)27(34)33-22(14-7-3-1-4-8-14)15-9-5-2-6-10-15/h1-12,19,22,26H,13,29H2/t19-,26-/m1/s1. The molecular formula is C27H19BrN2O3S4. The van der Waals surface area contributed by atoms with Crippen LogP contribution in [0.15, 0.2) is 87.1 Å². The molecule has 1 fully saturated rings. The van der Waals surface area contributed by atoms with Gasteiger partial charge in [-0.15, -0.1) is 34.4 Å². The summed E-state index contributed by atoms with van der Waals surface area (Å²) in [6, 6.07) is 21.1. The van der Waals surface area contributed by atoms with Gasteiger partial charge < -0.3 is 10.5 Å². The fourth-order valence-corrected chi connectivity index (χ4v) is 9.15. The summed E-state index contributed by atoms with van der Waals surface area (Å²) >= 11 is 14.0. The Labute approximate surface area is 239 Å². The lowest BCUT2D eigenvalue weighted by Crippen LogP contribution is -2.68. The number of benzene rings is 2. The van der Waals surface area contributed by atoms with Gasteiger partial charge in [-0.05, 0) is 50.7 Å². The Bertz CT molecular complexity index is 1580. The normalized spacial score (nSPS) is 19.2. The average molecular weight is 628 g/mol. The van der Waals surface area contributed by atoms with Crippen LogP contribution in [0.3, 0.4) is 0 Å². The van der Waals surface area contributed by atoms with E-state index in [1.807, 2.05) is 72.1 Å². The first-order valence-electron chi connectivity index (χ1n) is 11.4. The second-order valence-corrected chi connectivity index (χ2v) is 12.8. The predicted molar refractivity (Wildman–Crippen MR) is 160 cm³/mol. The first-order valence-corrected chi connectivity index (χ1v) is 15.3. The molecule has 0 unspecified atom stereocenters. The molecule has 2 aliphatic heterocycles. The van der Waals surface area contributed by atoms with E-state index in [1.54, 1.807) is 16.7 Å². The van der Waals surface area contributed by atoms with Crippen molar-refractivity contribution in [3.05, 3.63) is 109 Å². The number of carbonyl (C=O) groups excluding carboxylic acids is 1. The molecule has 2 aliphatic rings. The zero-order valence-electron chi connectivity index (χ0n) is 19.1. The Kier molecular flexibility index (Phi) is 6.81. The van der Waals surface area contributed by atoms with E-state index in [2.05, 4.69) is 15.9 Å².